The number of nitrogens with zero attached hydrogens (tertiary/aromatic N) is 3. The van der Waals surface area contributed by atoms with Gasteiger partial charge in [-0.15, -0.1) is 0 Å². The molecule has 0 atom stereocenters. The molecule has 0 spiro atoms. The van der Waals surface area contributed by atoms with Crippen molar-refractivity contribution in [3.63, 3.8) is 0 Å². The summed E-state index contributed by atoms with van der Waals surface area (Å²) < 4.78 is 20.3. The molecule has 5 nitrogen and oxygen atoms in total. The summed E-state index contributed by atoms with van der Waals surface area (Å²) in [6.07, 6.45) is 1.36. The zero-order valence-corrected chi connectivity index (χ0v) is 11.8. The molecule has 20 heavy (non-hydrogen) atoms. The molecule has 0 aliphatic carbocycles. The van der Waals surface area contributed by atoms with Crippen LogP contribution in [0.2, 0.25) is 5.02 Å². The number of aromatic amines is 1. The second-order valence-electron chi connectivity index (χ2n) is 3.94. The number of halogens is 2. The molecule has 0 saturated carbocycles. The van der Waals surface area contributed by atoms with Gasteiger partial charge in [-0.1, -0.05) is 11.6 Å². The van der Waals surface area contributed by atoms with E-state index in [0.29, 0.717) is 27.5 Å². The molecule has 1 aromatic carbocycles. The highest BCUT2D eigenvalue weighted by Gasteiger charge is 2.14. The quantitative estimate of drug-likeness (QED) is 0.738. The lowest BCUT2D eigenvalue weighted by Crippen LogP contribution is -1.98. The van der Waals surface area contributed by atoms with Gasteiger partial charge in [-0.3, -0.25) is 4.57 Å². The van der Waals surface area contributed by atoms with Gasteiger partial charge in [0.05, 0.1) is 17.8 Å². The van der Waals surface area contributed by atoms with Crippen molar-refractivity contribution in [1.82, 2.24) is 19.5 Å². The first-order valence-electron chi connectivity index (χ1n) is 5.57. The number of benzene rings is 1. The molecular weight excluding hydrogens is 303 g/mol. The molecule has 3 aromatic rings. The summed E-state index contributed by atoms with van der Waals surface area (Å²) in [5.74, 6) is -0.0459. The van der Waals surface area contributed by atoms with E-state index in [2.05, 4.69) is 15.0 Å². The van der Waals surface area contributed by atoms with Gasteiger partial charge in [0.15, 0.2) is 10.4 Å². The first-order chi connectivity index (χ1) is 9.61. The number of ether oxygens (including phenoxy) is 1. The fraction of sp³-hybridized carbons (Fsp3) is 0.0833. The van der Waals surface area contributed by atoms with Gasteiger partial charge >= 0.3 is 0 Å². The summed E-state index contributed by atoms with van der Waals surface area (Å²) in [5.41, 5.74) is 1.60. The molecule has 0 bridgehead atoms. The highest BCUT2D eigenvalue weighted by atomic mass is 35.5. The Morgan fingerprint density at radius 3 is 2.90 bits per heavy atom. The van der Waals surface area contributed by atoms with Crippen molar-refractivity contribution in [2.24, 2.45) is 0 Å². The van der Waals surface area contributed by atoms with Gasteiger partial charge in [-0.05, 0) is 30.4 Å². The van der Waals surface area contributed by atoms with E-state index in [1.54, 1.807) is 4.57 Å². The van der Waals surface area contributed by atoms with Gasteiger partial charge < -0.3 is 9.72 Å². The number of aromatic nitrogens is 4. The molecule has 1 N–H and O–H groups in total. The molecule has 0 amide bonds. The molecule has 0 fully saturated rings. The second-order valence-corrected chi connectivity index (χ2v) is 4.74. The maximum atomic E-state index is 13.1. The number of imidazole rings is 1. The number of H-pyrrole nitrogens is 1. The fourth-order valence-corrected chi connectivity index (χ4v) is 2.48. The third-order valence-corrected chi connectivity index (χ3v) is 3.37. The maximum absolute atomic E-state index is 13.1. The van der Waals surface area contributed by atoms with Crippen LogP contribution in [0.3, 0.4) is 0 Å². The molecule has 2 heterocycles. The topological polar surface area (TPSA) is 55.7 Å². The Kier molecular flexibility index (Phi) is 3.15. The predicted octanol–water partition coefficient (Wildman–Crippen LogP) is 3.28. The van der Waals surface area contributed by atoms with Crippen molar-refractivity contribution in [1.29, 1.82) is 0 Å². The summed E-state index contributed by atoms with van der Waals surface area (Å²) in [7, 11) is 1.50. The Morgan fingerprint density at radius 1 is 1.40 bits per heavy atom. The Bertz CT molecular complexity index is 860. The van der Waals surface area contributed by atoms with Gasteiger partial charge in [0.25, 0.3) is 0 Å². The summed E-state index contributed by atoms with van der Waals surface area (Å²) >= 11 is 11.3. The van der Waals surface area contributed by atoms with Crippen LogP contribution in [0.4, 0.5) is 4.39 Å². The van der Waals surface area contributed by atoms with Crippen LogP contribution in [-0.4, -0.2) is 26.6 Å². The predicted molar refractivity (Wildman–Crippen MR) is 75.6 cm³/mol. The molecular formula is C12H8ClFN4OS. The Morgan fingerprint density at radius 2 is 2.20 bits per heavy atom. The molecule has 8 heteroatoms. The smallest absolute Gasteiger partial charge is 0.242 e. The summed E-state index contributed by atoms with van der Waals surface area (Å²) in [6.45, 7) is 0. The minimum absolute atomic E-state index is 0.236. The summed E-state index contributed by atoms with van der Waals surface area (Å²) in [4.78, 5) is 11.1. The van der Waals surface area contributed by atoms with Crippen LogP contribution in [0.5, 0.6) is 5.88 Å². The van der Waals surface area contributed by atoms with Crippen LogP contribution in [0, 0.1) is 10.6 Å². The van der Waals surface area contributed by atoms with E-state index in [-0.39, 0.29) is 5.02 Å². The number of methoxy groups -OCH3 is 1. The maximum Gasteiger partial charge on any atom is 0.242 e. The zero-order valence-electron chi connectivity index (χ0n) is 10.2. The van der Waals surface area contributed by atoms with Gasteiger partial charge in [-0.2, -0.15) is 4.98 Å². The number of hydrogen-bond acceptors (Lipinski definition) is 4. The van der Waals surface area contributed by atoms with Gasteiger partial charge in [0, 0.05) is 0 Å². The van der Waals surface area contributed by atoms with Crippen molar-refractivity contribution in [2.75, 3.05) is 7.11 Å². The first kappa shape index (κ1) is 13.0. The molecule has 102 valence electrons. The second kappa shape index (κ2) is 4.84. The largest absolute Gasteiger partial charge is 0.479 e. The van der Waals surface area contributed by atoms with Crippen LogP contribution in [0.15, 0.2) is 24.5 Å². The Balaban J connectivity index is 2.37. The van der Waals surface area contributed by atoms with Crippen molar-refractivity contribution < 1.29 is 9.13 Å². The van der Waals surface area contributed by atoms with E-state index in [4.69, 9.17) is 28.6 Å². The lowest BCUT2D eigenvalue weighted by molar-refractivity contribution is 0.401. The monoisotopic (exact) mass is 310 g/mol. The Labute approximate surface area is 123 Å². The molecule has 0 aliphatic rings. The normalized spacial score (nSPS) is 10.9. The molecule has 2 aromatic heterocycles. The van der Waals surface area contributed by atoms with Gasteiger partial charge in [-0.25, -0.2) is 9.37 Å². The Hall–Kier alpha value is -1.99. The summed E-state index contributed by atoms with van der Waals surface area (Å²) in [6, 6.07) is 4.06. The van der Waals surface area contributed by atoms with Crippen molar-refractivity contribution in [3.05, 3.63) is 40.1 Å². The molecule has 0 saturated heterocycles. The molecule has 0 aliphatic heterocycles. The van der Waals surface area contributed by atoms with Crippen LogP contribution in [0.1, 0.15) is 0 Å². The van der Waals surface area contributed by atoms with Gasteiger partial charge in [0.2, 0.25) is 5.88 Å². The lowest BCUT2D eigenvalue weighted by atomic mass is 10.3. The SMILES string of the molecule is COc1ncnc2c1[nH]c(=S)n2-c1ccc(F)cc1Cl. The average molecular weight is 311 g/mol. The highest BCUT2D eigenvalue weighted by Crippen LogP contribution is 2.27. The molecule has 0 unspecified atom stereocenters. The van der Waals surface area contributed by atoms with E-state index in [9.17, 15) is 4.39 Å². The minimum Gasteiger partial charge on any atom is -0.479 e. The van der Waals surface area contributed by atoms with E-state index < -0.39 is 5.82 Å². The first-order valence-corrected chi connectivity index (χ1v) is 6.35. The lowest BCUT2D eigenvalue weighted by Gasteiger charge is -2.06. The zero-order chi connectivity index (χ0) is 14.3. The van der Waals surface area contributed by atoms with Crippen molar-refractivity contribution in [2.45, 2.75) is 0 Å². The van der Waals surface area contributed by atoms with E-state index in [1.807, 2.05) is 0 Å². The van der Waals surface area contributed by atoms with Crippen LogP contribution < -0.4 is 4.74 Å². The van der Waals surface area contributed by atoms with Crippen LogP contribution >= 0.6 is 23.8 Å². The third kappa shape index (κ3) is 1.95. The minimum atomic E-state index is -0.419. The van der Waals surface area contributed by atoms with Gasteiger partial charge in [0.1, 0.15) is 17.7 Å². The fourth-order valence-electron chi connectivity index (χ4n) is 1.94. The standard InChI is InChI=1S/C12H8ClFN4OS/c1-19-11-9-10(15-5-16-11)18(12(20)17-9)8-3-2-6(14)4-7(8)13/h2-5H,1H3,(H,17,20). The van der Waals surface area contributed by atoms with E-state index >= 15 is 0 Å². The van der Waals surface area contributed by atoms with Crippen LogP contribution in [-0.2, 0) is 0 Å². The number of rotatable bonds is 2. The van der Waals surface area contributed by atoms with Crippen molar-refractivity contribution >= 4 is 35.0 Å². The van der Waals surface area contributed by atoms with Crippen molar-refractivity contribution in [3.8, 4) is 11.6 Å². The highest BCUT2D eigenvalue weighted by molar-refractivity contribution is 7.71. The molecule has 0 radical (unpaired) electrons. The van der Waals surface area contributed by atoms with Crippen LogP contribution in [0.25, 0.3) is 16.9 Å². The summed E-state index contributed by atoms with van der Waals surface area (Å²) in [5, 5.41) is 0.236. The van der Waals surface area contributed by atoms with E-state index in [0.717, 1.165) is 0 Å². The number of nitrogens with one attached hydrogen (secondary N) is 1. The molecule has 3 rings (SSSR count). The van der Waals surface area contributed by atoms with E-state index in [1.165, 1.54) is 31.6 Å². The third-order valence-electron chi connectivity index (χ3n) is 2.78. The number of fused-ring (bicyclic) bond motifs is 1. The average Bonchev–Trinajstić information content (AvgIpc) is 2.75. The number of hydrogen-bond donors (Lipinski definition) is 1.